The Labute approximate surface area is 89.3 Å². The molecule has 2 aromatic rings. The number of hydrogen-bond donors (Lipinski definition) is 2. The topological polar surface area (TPSA) is 45.6 Å². The van der Waals surface area contributed by atoms with Crippen molar-refractivity contribution in [2.45, 2.75) is 19.5 Å². The van der Waals surface area contributed by atoms with E-state index in [1.165, 1.54) is 5.56 Å². The normalized spacial score (nSPS) is 10.7. The van der Waals surface area contributed by atoms with E-state index >= 15 is 0 Å². The number of nitrogens with zero attached hydrogens (tertiary/aromatic N) is 2. The summed E-state index contributed by atoms with van der Waals surface area (Å²) in [5, 5.41) is 7.54. The Balaban J connectivity index is 1.56. The van der Waals surface area contributed by atoms with Gasteiger partial charge in [-0.05, 0) is 30.7 Å². The van der Waals surface area contributed by atoms with Crippen molar-refractivity contribution < 1.29 is 0 Å². The van der Waals surface area contributed by atoms with Gasteiger partial charge in [-0.2, -0.15) is 5.10 Å². The first kappa shape index (κ1) is 9.98. The lowest BCUT2D eigenvalue weighted by Crippen LogP contribution is -2.16. The van der Waals surface area contributed by atoms with Crippen LogP contribution in [0.4, 0.5) is 0 Å². The summed E-state index contributed by atoms with van der Waals surface area (Å²) in [6.07, 6.45) is 8.87. The molecule has 0 unspecified atom stereocenters. The molecule has 0 aromatic carbocycles. The van der Waals surface area contributed by atoms with E-state index in [9.17, 15) is 0 Å². The van der Waals surface area contributed by atoms with E-state index in [-0.39, 0.29) is 0 Å². The molecule has 0 spiro atoms. The van der Waals surface area contributed by atoms with E-state index in [4.69, 9.17) is 0 Å². The zero-order valence-corrected chi connectivity index (χ0v) is 8.69. The fourth-order valence-corrected chi connectivity index (χ4v) is 1.50. The molecule has 2 aromatic heterocycles. The van der Waals surface area contributed by atoms with Crippen LogP contribution in [0, 0.1) is 0 Å². The van der Waals surface area contributed by atoms with Crippen molar-refractivity contribution in [1.29, 1.82) is 0 Å². The zero-order valence-electron chi connectivity index (χ0n) is 8.69. The highest BCUT2D eigenvalue weighted by Crippen LogP contribution is 1.95. The molecule has 0 aliphatic rings. The van der Waals surface area contributed by atoms with Gasteiger partial charge in [0.05, 0.1) is 0 Å². The summed E-state index contributed by atoms with van der Waals surface area (Å²) in [6.45, 7) is 2.93. The zero-order chi connectivity index (χ0) is 10.3. The second kappa shape index (κ2) is 5.36. The van der Waals surface area contributed by atoms with E-state index in [0.717, 1.165) is 26.1 Å². The van der Waals surface area contributed by atoms with Gasteiger partial charge < -0.3 is 10.3 Å². The van der Waals surface area contributed by atoms with Crippen molar-refractivity contribution in [3.05, 3.63) is 42.5 Å². The number of H-pyrrole nitrogens is 1. The molecule has 4 nitrogen and oxygen atoms in total. The first-order valence-electron chi connectivity index (χ1n) is 5.25. The molecule has 0 bridgehead atoms. The molecule has 15 heavy (non-hydrogen) atoms. The maximum atomic E-state index is 4.15. The molecule has 0 amide bonds. The molecule has 0 saturated heterocycles. The molecule has 0 radical (unpaired) electrons. The molecule has 0 atom stereocenters. The molecule has 4 heteroatoms. The van der Waals surface area contributed by atoms with Crippen LogP contribution in [0.25, 0.3) is 0 Å². The number of aryl methyl sites for hydroxylation is 1. The van der Waals surface area contributed by atoms with Crippen molar-refractivity contribution in [2.24, 2.45) is 0 Å². The van der Waals surface area contributed by atoms with Crippen molar-refractivity contribution in [1.82, 2.24) is 20.1 Å². The molecular formula is C11H16N4. The van der Waals surface area contributed by atoms with E-state index < -0.39 is 0 Å². The number of aromatic nitrogens is 3. The highest BCUT2D eigenvalue weighted by atomic mass is 15.3. The predicted octanol–water partition coefficient (Wildman–Crippen LogP) is 1.39. The summed E-state index contributed by atoms with van der Waals surface area (Å²) < 4.78 is 1.96. The van der Waals surface area contributed by atoms with Crippen LogP contribution in [0.2, 0.25) is 0 Å². The summed E-state index contributed by atoms with van der Waals surface area (Å²) in [7, 11) is 0. The van der Waals surface area contributed by atoms with Crippen LogP contribution in [0.3, 0.4) is 0 Å². The molecule has 2 N–H and O–H groups in total. The second-order valence-corrected chi connectivity index (χ2v) is 3.52. The molecule has 80 valence electrons. The predicted molar refractivity (Wildman–Crippen MR) is 59.3 cm³/mol. The lowest BCUT2D eigenvalue weighted by Gasteiger charge is -2.03. The minimum atomic E-state index is 0.933. The van der Waals surface area contributed by atoms with Crippen LogP contribution < -0.4 is 5.32 Å². The maximum absolute atomic E-state index is 4.15. The van der Waals surface area contributed by atoms with Gasteiger partial charge in [-0.1, -0.05) is 0 Å². The summed E-state index contributed by atoms with van der Waals surface area (Å²) >= 11 is 0. The van der Waals surface area contributed by atoms with Gasteiger partial charge in [0.25, 0.3) is 0 Å². The average Bonchev–Trinajstić information content (AvgIpc) is 2.88. The Hall–Kier alpha value is -1.55. The van der Waals surface area contributed by atoms with E-state index in [2.05, 4.69) is 21.5 Å². The number of hydrogen-bond acceptors (Lipinski definition) is 2. The molecular weight excluding hydrogens is 188 g/mol. The van der Waals surface area contributed by atoms with Crippen molar-refractivity contribution >= 4 is 0 Å². The SMILES string of the molecule is c1cnn(CCCNCc2cc[nH]c2)c1. The van der Waals surface area contributed by atoms with E-state index in [0.29, 0.717) is 0 Å². The van der Waals surface area contributed by atoms with Gasteiger partial charge >= 0.3 is 0 Å². The van der Waals surface area contributed by atoms with E-state index in [1.807, 2.05) is 35.5 Å². The highest BCUT2D eigenvalue weighted by Gasteiger charge is 1.93. The quantitative estimate of drug-likeness (QED) is 0.698. The fraction of sp³-hybridized carbons (Fsp3) is 0.364. The Morgan fingerprint density at radius 3 is 3.20 bits per heavy atom. The van der Waals surface area contributed by atoms with Crippen LogP contribution in [0.5, 0.6) is 0 Å². The standard InChI is InChI=1S/C11H16N4/c1(7-15-8-2-5-14-15)4-12-9-11-3-6-13-10-11/h2-3,5-6,8,10,12-13H,1,4,7,9H2. The monoisotopic (exact) mass is 204 g/mol. The van der Waals surface area contributed by atoms with Gasteiger partial charge in [-0.25, -0.2) is 0 Å². The van der Waals surface area contributed by atoms with Crippen LogP contribution in [-0.2, 0) is 13.1 Å². The minimum absolute atomic E-state index is 0.933. The Morgan fingerprint density at radius 2 is 2.47 bits per heavy atom. The first-order valence-corrected chi connectivity index (χ1v) is 5.25. The highest BCUT2D eigenvalue weighted by molar-refractivity contribution is 5.07. The smallest absolute Gasteiger partial charge is 0.0489 e. The van der Waals surface area contributed by atoms with Gasteiger partial charge in [0, 0.05) is 37.9 Å². The fourth-order valence-electron chi connectivity index (χ4n) is 1.50. The van der Waals surface area contributed by atoms with Crippen molar-refractivity contribution in [3.63, 3.8) is 0 Å². The second-order valence-electron chi connectivity index (χ2n) is 3.52. The summed E-state index contributed by atoms with van der Waals surface area (Å²) in [5.41, 5.74) is 1.30. The lowest BCUT2D eigenvalue weighted by molar-refractivity contribution is 0.543. The van der Waals surface area contributed by atoms with Crippen LogP contribution in [-0.4, -0.2) is 21.3 Å². The van der Waals surface area contributed by atoms with Gasteiger partial charge in [-0.3, -0.25) is 4.68 Å². The summed E-state index contributed by atoms with van der Waals surface area (Å²) in [6, 6.07) is 4.04. The van der Waals surface area contributed by atoms with Gasteiger partial charge in [0.2, 0.25) is 0 Å². The minimum Gasteiger partial charge on any atom is -0.367 e. The van der Waals surface area contributed by atoms with Crippen molar-refractivity contribution in [3.8, 4) is 0 Å². The number of rotatable bonds is 6. The number of nitrogens with one attached hydrogen (secondary N) is 2. The Morgan fingerprint density at radius 1 is 1.47 bits per heavy atom. The molecule has 0 aliphatic heterocycles. The molecule has 0 aliphatic carbocycles. The maximum Gasteiger partial charge on any atom is 0.0489 e. The third-order valence-electron chi connectivity index (χ3n) is 2.29. The van der Waals surface area contributed by atoms with Crippen molar-refractivity contribution in [2.75, 3.05) is 6.54 Å². The van der Waals surface area contributed by atoms with Gasteiger partial charge in [-0.15, -0.1) is 0 Å². The summed E-state index contributed by atoms with van der Waals surface area (Å²) in [5.74, 6) is 0. The molecule has 2 heterocycles. The van der Waals surface area contributed by atoms with Crippen LogP contribution >= 0.6 is 0 Å². The Bertz CT molecular complexity index is 314. The third kappa shape index (κ3) is 3.25. The first-order chi connectivity index (χ1) is 7.45. The molecule has 0 saturated carbocycles. The lowest BCUT2D eigenvalue weighted by atomic mass is 10.3. The molecule has 0 fully saturated rings. The summed E-state index contributed by atoms with van der Waals surface area (Å²) in [4.78, 5) is 3.04. The molecule has 2 rings (SSSR count). The van der Waals surface area contributed by atoms with Gasteiger partial charge in [0.15, 0.2) is 0 Å². The van der Waals surface area contributed by atoms with Crippen LogP contribution in [0.15, 0.2) is 36.9 Å². The van der Waals surface area contributed by atoms with Crippen LogP contribution in [0.1, 0.15) is 12.0 Å². The Kier molecular flexibility index (Phi) is 3.57. The number of aromatic amines is 1. The van der Waals surface area contributed by atoms with Gasteiger partial charge in [0.1, 0.15) is 0 Å². The average molecular weight is 204 g/mol. The largest absolute Gasteiger partial charge is 0.367 e. The third-order valence-corrected chi connectivity index (χ3v) is 2.29. The van der Waals surface area contributed by atoms with E-state index in [1.54, 1.807) is 0 Å².